The van der Waals surface area contributed by atoms with Crippen LogP contribution in [0.4, 0.5) is 0 Å². The van der Waals surface area contributed by atoms with E-state index in [2.05, 4.69) is 0 Å². The summed E-state index contributed by atoms with van der Waals surface area (Å²) in [5.41, 5.74) is -6.74. The molecule has 0 amide bonds. The van der Waals surface area contributed by atoms with Gasteiger partial charge < -0.3 is 0 Å². The Kier molecular flexibility index (Phi) is 2.19. The summed E-state index contributed by atoms with van der Waals surface area (Å²) in [6.45, 7) is 0. The first kappa shape index (κ1) is 9.02. The highest BCUT2D eigenvalue weighted by atomic mass is 14.2. The van der Waals surface area contributed by atoms with Crippen molar-refractivity contribution >= 4 is 32.3 Å². The van der Waals surface area contributed by atoms with Crippen LogP contribution in [0, 0.1) is 0 Å². The molecule has 0 nitrogen and oxygen atoms in total. The van der Waals surface area contributed by atoms with E-state index in [1.165, 1.54) is 0 Å². The van der Waals surface area contributed by atoms with E-state index >= 15 is 0 Å². The fourth-order valence-electron chi connectivity index (χ4n) is 4.59. The maximum absolute atomic E-state index is 9.71. The van der Waals surface area contributed by atoms with Gasteiger partial charge in [0, 0.05) is 0 Å². The fraction of sp³-hybridized carbons (Fsp3) is 0. The second-order valence-corrected chi connectivity index (χ2v) is 8.75. The third kappa shape index (κ3) is 4.17. The molecule has 0 saturated heterocycles. The van der Waals surface area contributed by atoms with Gasteiger partial charge in [-0.2, -0.15) is 0 Å². The Labute approximate surface area is 285 Å². The van der Waals surface area contributed by atoms with Crippen LogP contribution < -0.4 is 0 Å². The number of fused-ring (bicyclic) bond motifs is 3. The first-order valence-corrected chi connectivity index (χ1v) is 12.2. The highest BCUT2D eigenvalue weighted by Gasteiger charge is 2.17. The van der Waals surface area contributed by atoms with Gasteiger partial charge in [-0.15, -0.1) is 0 Å². The Balaban J connectivity index is 1.70. The summed E-state index contributed by atoms with van der Waals surface area (Å²) in [6.07, 6.45) is 0. The van der Waals surface area contributed by atoms with Crippen molar-refractivity contribution in [2.45, 2.75) is 0 Å². The molecular formula is C42H28. The molecule has 0 N–H and O–H groups in total. The smallest absolute Gasteiger partial charge is 0.0622 e. The summed E-state index contributed by atoms with van der Waals surface area (Å²) >= 11 is 0. The van der Waals surface area contributed by atoms with E-state index in [0.29, 0.717) is 0 Å². The molecule has 0 aliphatic carbocycles. The minimum Gasteiger partial charge on any atom is -0.0622 e. The SMILES string of the molecule is [2H]c1c([2H])c([2H])c(-c2c([2H])c([2H])c([2H])c(-c3c4c([2H])c([2H])c([2H])c([2H])c4c(-c4c([2H])c([2H])c([2H])c(-c5c([2H])c([2H])c6c([2H])c([2H])c([2H])c([2H])c6c5[2H])c4[2H])c4c([2H])c([2H])c([2H])c([2H])c34)c2[2H])c([2H])c1[2H]. The van der Waals surface area contributed by atoms with Crippen molar-refractivity contribution in [3.63, 3.8) is 0 Å². The van der Waals surface area contributed by atoms with Gasteiger partial charge in [0.1, 0.15) is 0 Å². The minimum absolute atomic E-state index is 0.572. The lowest BCUT2D eigenvalue weighted by atomic mass is 9.85. The van der Waals surface area contributed by atoms with Crippen LogP contribution in [0.3, 0.4) is 0 Å². The molecule has 0 bridgehead atoms. The van der Waals surface area contributed by atoms with Gasteiger partial charge in [-0.1, -0.05) is 151 Å². The molecule has 196 valence electrons. The van der Waals surface area contributed by atoms with Crippen molar-refractivity contribution in [2.75, 3.05) is 0 Å². The Hall–Kier alpha value is -5.46. The van der Waals surface area contributed by atoms with Gasteiger partial charge in [-0.3, -0.25) is 0 Å². The second kappa shape index (κ2) is 10.2. The molecule has 0 atom stereocenters. The van der Waals surface area contributed by atoms with Gasteiger partial charge in [0.15, 0.2) is 0 Å². The third-order valence-electron chi connectivity index (χ3n) is 6.38. The lowest BCUT2D eigenvalue weighted by molar-refractivity contribution is 1.61. The zero-order valence-electron chi connectivity index (χ0n) is 49.0. The number of hydrogen-bond acceptors (Lipinski definition) is 0. The second-order valence-electron chi connectivity index (χ2n) is 8.75. The van der Waals surface area contributed by atoms with Crippen molar-refractivity contribution in [1.29, 1.82) is 0 Å². The van der Waals surface area contributed by atoms with Crippen LogP contribution in [0.25, 0.3) is 76.8 Å². The highest BCUT2D eigenvalue weighted by molar-refractivity contribution is 6.21. The van der Waals surface area contributed by atoms with Gasteiger partial charge in [-0.25, -0.2) is 0 Å². The van der Waals surface area contributed by atoms with E-state index in [-0.39, 0.29) is 0 Å². The average molecular weight is 561 g/mol. The molecule has 0 aliphatic rings. The predicted molar refractivity (Wildman–Crippen MR) is 181 cm³/mol. The fourth-order valence-corrected chi connectivity index (χ4v) is 4.59. The zero-order valence-corrected chi connectivity index (χ0v) is 21.0. The maximum Gasteiger partial charge on any atom is 0.0636 e. The van der Waals surface area contributed by atoms with Gasteiger partial charge in [-0.05, 0) is 95.0 Å². The van der Waals surface area contributed by atoms with Gasteiger partial charge >= 0.3 is 0 Å². The third-order valence-corrected chi connectivity index (χ3v) is 6.38. The largest absolute Gasteiger partial charge is 0.0636 e. The highest BCUT2D eigenvalue weighted by Crippen LogP contribution is 2.44. The number of hydrogen-bond donors (Lipinski definition) is 0. The number of benzene rings is 8. The van der Waals surface area contributed by atoms with Crippen molar-refractivity contribution in [2.24, 2.45) is 0 Å². The molecule has 0 radical (unpaired) electrons. The molecule has 8 aromatic carbocycles. The zero-order chi connectivity index (χ0) is 52.2. The molecule has 42 heavy (non-hydrogen) atoms. The maximum atomic E-state index is 9.71. The van der Waals surface area contributed by atoms with Crippen molar-refractivity contribution in [3.8, 4) is 44.5 Å². The standard InChI is InChI=1S/C42H28/c1-2-12-29(13-3-1)32-16-10-18-35(27-32)41-37-20-6-8-22-39(37)42(40-23-9-7-21-38(40)41)36-19-11-17-33(28-36)34-25-24-30-14-4-5-15-31(30)26-34/h1-28H/i1D,2D,3D,4D,5D,6D,7D,8D,9D,10D,11D,12D,13D,14D,15D,16D,17D,18D,19D,20D,21D,22D,23D,24D,25D,26D,27D,28D. The van der Waals surface area contributed by atoms with E-state index in [0.717, 1.165) is 0 Å². The Bertz CT molecular complexity index is 3690. The van der Waals surface area contributed by atoms with Crippen LogP contribution in [-0.2, 0) is 0 Å². The molecule has 0 saturated carbocycles. The molecule has 8 aromatic rings. The van der Waals surface area contributed by atoms with Crippen LogP contribution in [-0.4, -0.2) is 0 Å². The Morgan fingerprint density at radius 2 is 0.667 bits per heavy atom. The van der Waals surface area contributed by atoms with E-state index in [1.807, 2.05) is 0 Å². The molecule has 0 aliphatic heterocycles. The molecule has 0 aromatic heterocycles. The molecular weight excluding hydrogens is 504 g/mol. The molecule has 0 fully saturated rings. The van der Waals surface area contributed by atoms with Crippen LogP contribution in [0.1, 0.15) is 38.4 Å². The molecule has 8 rings (SSSR count). The topological polar surface area (TPSA) is 0 Å². The van der Waals surface area contributed by atoms with Crippen LogP contribution in [0.15, 0.2) is 169 Å². The average Bonchev–Trinajstić information content (AvgIpc) is 3.32. The first-order valence-electron chi connectivity index (χ1n) is 26.2. The Morgan fingerprint density at radius 3 is 1.24 bits per heavy atom. The quantitative estimate of drug-likeness (QED) is 0.188. The van der Waals surface area contributed by atoms with E-state index in [1.54, 1.807) is 0 Å². The minimum atomic E-state index is -1.10. The van der Waals surface area contributed by atoms with Crippen LogP contribution in [0.5, 0.6) is 0 Å². The van der Waals surface area contributed by atoms with E-state index in [4.69, 9.17) is 26.0 Å². The summed E-state index contributed by atoms with van der Waals surface area (Å²) in [7, 11) is 0. The molecule has 0 spiro atoms. The number of rotatable bonds is 4. The summed E-state index contributed by atoms with van der Waals surface area (Å²) in [5.74, 6) is 0. The summed E-state index contributed by atoms with van der Waals surface area (Å²) in [4.78, 5) is 0. The first-order chi connectivity index (χ1) is 32.5. The predicted octanol–water partition coefficient (Wildman–Crippen LogP) is 11.8. The van der Waals surface area contributed by atoms with Gasteiger partial charge in [0.05, 0.1) is 38.4 Å². The molecule has 0 heteroatoms. The lowest BCUT2D eigenvalue weighted by Gasteiger charge is -2.18. The van der Waals surface area contributed by atoms with E-state index in [9.17, 15) is 12.3 Å². The van der Waals surface area contributed by atoms with Crippen LogP contribution >= 0.6 is 0 Å². The molecule has 0 heterocycles. The van der Waals surface area contributed by atoms with E-state index < -0.39 is 246 Å². The normalized spacial score (nSPS) is 20.7. The monoisotopic (exact) mass is 560 g/mol. The van der Waals surface area contributed by atoms with Crippen molar-refractivity contribution in [3.05, 3.63) is 169 Å². The summed E-state index contributed by atoms with van der Waals surface area (Å²) in [5, 5.41) is -4.41. The van der Waals surface area contributed by atoms with Crippen molar-refractivity contribution < 1.29 is 38.4 Å². The summed E-state index contributed by atoms with van der Waals surface area (Å²) < 4.78 is 249. The lowest BCUT2D eigenvalue weighted by Crippen LogP contribution is -1.91. The van der Waals surface area contributed by atoms with Crippen LogP contribution in [0.2, 0.25) is 0 Å². The van der Waals surface area contributed by atoms with Gasteiger partial charge in [0.2, 0.25) is 0 Å². The molecule has 0 unspecified atom stereocenters. The summed E-state index contributed by atoms with van der Waals surface area (Å²) in [6, 6.07) is -27.5. The Morgan fingerprint density at radius 1 is 0.262 bits per heavy atom. The van der Waals surface area contributed by atoms with Gasteiger partial charge in [0.25, 0.3) is 0 Å². The van der Waals surface area contributed by atoms with Crippen molar-refractivity contribution in [1.82, 2.24) is 0 Å².